The fourth-order valence-electron chi connectivity index (χ4n) is 2.81. The van der Waals surface area contributed by atoms with Gasteiger partial charge in [0.15, 0.2) is 18.1 Å². The van der Waals surface area contributed by atoms with Gasteiger partial charge in [-0.3, -0.25) is 9.59 Å². The Labute approximate surface area is 167 Å². The van der Waals surface area contributed by atoms with E-state index in [1.165, 1.54) is 0 Å². The lowest BCUT2D eigenvalue weighted by Crippen LogP contribution is -2.21. The van der Waals surface area contributed by atoms with Gasteiger partial charge in [0.05, 0.1) is 5.56 Å². The van der Waals surface area contributed by atoms with Crippen molar-refractivity contribution >= 4 is 23.2 Å². The van der Waals surface area contributed by atoms with Gasteiger partial charge in [-0.05, 0) is 36.4 Å². The van der Waals surface area contributed by atoms with E-state index in [1.807, 2.05) is 18.2 Å². The minimum Gasteiger partial charge on any atom is -0.483 e. The number of carbonyl (C=O) groups is 2. The molecule has 0 fully saturated rings. The van der Waals surface area contributed by atoms with E-state index < -0.39 is 0 Å². The number of ether oxygens (including phenoxy) is 3. The Bertz CT molecular complexity index is 1040. The first-order chi connectivity index (χ1) is 14.2. The van der Waals surface area contributed by atoms with Crippen LogP contribution in [0.5, 0.6) is 17.2 Å². The first-order valence-electron chi connectivity index (χ1n) is 8.97. The predicted octanol–water partition coefficient (Wildman–Crippen LogP) is 3.69. The maximum absolute atomic E-state index is 12.6. The van der Waals surface area contributed by atoms with E-state index in [4.69, 9.17) is 14.2 Å². The molecule has 4 rings (SSSR count). The molecule has 0 aromatic heterocycles. The van der Waals surface area contributed by atoms with Crippen LogP contribution in [0, 0.1) is 0 Å². The number of para-hydroxylation sites is 2. The average molecular weight is 390 g/mol. The zero-order valence-electron chi connectivity index (χ0n) is 15.4. The van der Waals surface area contributed by atoms with Gasteiger partial charge in [-0.25, -0.2) is 0 Å². The van der Waals surface area contributed by atoms with Crippen LogP contribution in [0.3, 0.4) is 0 Å². The van der Waals surface area contributed by atoms with Gasteiger partial charge in [-0.2, -0.15) is 0 Å². The molecule has 3 aromatic carbocycles. The Morgan fingerprint density at radius 3 is 2.45 bits per heavy atom. The molecule has 0 radical (unpaired) electrons. The summed E-state index contributed by atoms with van der Waals surface area (Å²) < 4.78 is 16.1. The van der Waals surface area contributed by atoms with E-state index in [0.29, 0.717) is 34.2 Å². The highest BCUT2D eigenvalue weighted by Gasteiger charge is 2.16. The highest BCUT2D eigenvalue weighted by atomic mass is 16.7. The Morgan fingerprint density at radius 1 is 0.828 bits per heavy atom. The van der Waals surface area contributed by atoms with Crippen molar-refractivity contribution in [1.82, 2.24) is 0 Å². The number of hydrogen-bond donors (Lipinski definition) is 2. The minimum atomic E-state index is -0.359. The van der Waals surface area contributed by atoms with E-state index in [1.54, 1.807) is 54.6 Å². The summed E-state index contributed by atoms with van der Waals surface area (Å²) in [5.74, 6) is 0.858. The fourth-order valence-corrected chi connectivity index (χ4v) is 2.81. The molecule has 1 aliphatic heterocycles. The van der Waals surface area contributed by atoms with Crippen LogP contribution in [-0.2, 0) is 4.79 Å². The third kappa shape index (κ3) is 4.47. The largest absolute Gasteiger partial charge is 0.483 e. The molecule has 7 nitrogen and oxygen atoms in total. The van der Waals surface area contributed by atoms with Gasteiger partial charge in [-0.1, -0.05) is 30.3 Å². The number of hydrogen-bond acceptors (Lipinski definition) is 5. The lowest BCUT2D eigenvalue weighted by Gasteiger charge is -2.12. The van der Waals surface area contributed by atoms with Crippen LogP contribution in [0.1, 0.15) is 10.4 Å². The second-order valence-corrected chi connectivity index (χ2v) is 6.22. The maximum atomic E-state index is 12.6. The summed E-state index contributed by atoms with van der Waals surface area (Å²) in [6, 6.07) is 21.0. The molecule has 2 N–H and O–H groups in total. The molecule has 0 aliphatic carbocycles. The van der Waals surface area contributed by atoms with E-state index in [0.717, 1.165) is 0 Å². The molecule has 0 atom stereocenters. The summed E-state index contributed by atoms with van der Waals surface area (Å²) in [5.41, 5.74) is 1.58. The Kier molecular flexibility index (Phi) is 5.29. The first kappa shape index (κ1) is 18.4. The van der Waals surface area contributed by atoms with Gasteiger partial charge >= 0.3 is 0 Å². The maximum Gasteiger partial charge on any atom is 0.262 e. The van der Waals surface area contributed by atoms with Crippen LogP contribution in [0.15, 0.2) is 72.8 Å². The molecule has 29 heavy (non-hydrogen) atoms. The van der Waals surface area contributed by atoms with Crippen LogP contribution in [-0.4, -0.2) is 25.2 Å². The molecule has 1 aliphatic rings. The topological polar surface area (TPSA) is 85.9 Å². The molecule has 2 amide bonds. The van der Waals surface area contributed by atoms with Crippen molar-refractivity contribution in [2.75, 3.05) is 24.0 Å². The van der Waals surface area contributed by atoms with E-state index in [9.17, 15) is 9.59 Å². The molecule has 0 saturated heterocycles. The third-order valence-electron chi connectivity index (χ3n) is 4.18. The highest BCUT2D eigenvalue weighted by Crippen LogP contribution is 2.34. The normalized spacial score (nSPS) is 11.6. The Hall–Kier alpha value is -4.00. The van der Waals surface area contributed by atoms with Crippen molar-refractivity contribution < 1.29 is 23.8 Å². The molecule has 0 bridgehead atoms. The lowest BCUT2D eigenvalue weighted by atomic mass is 10.2. The molecule has 0 unspecified atom stereocenters. The summed E-state index contributed by atoms with van der Waals surface area (Å²) in [5, 5.41) is 5.54. The number of fused-ring (bicyclic) bond motifs is 1. The molecule has 7 heteroatoms. The molecule has 1 heterocycles. The van der Waals surface area contributed by atoms with Crippen molar-refractivity contribution in [3.05, 3.63) is 78.4 Å². The number of rotatable bonds is 6. The van der Waals surface area contributed by atoms with Crippen LogP contribution in [0.2, 0.25) is 0 Å². The minimum absolute atomic E-state index is 0.164. The van der Waals surface area contributed by atoms with Crippen LogP contribution >= 0.6 is 0 Å². The summed E-state index contributed by atoms with van der Waals surface area (Å²) >= 11 is 0. The second-order valence-electron chi connectivity index (χ2n) is 6.22. The number of carbonyl (C=O) groups excluding carboxylic acids is 2. The number of anilines is 2. The van der Waals surface area contributed by atoms with Gasteiger partial charge in [0.1, 0.15) is 5.75 Å². The zero-order chi connectivity index (χ0) is 20.1. The zero-order valence-corrected chi connectivity index (χ0v) is 15.4. The monoisotopic (exact) mass is 390 g/mol. The van der Waals surface area contributed by atoms with Crippen molar-refractivity contribution in [2.24, 2.45) is 0 Å². The van der Waals surface area contributed by atoms with E-state index in [-0.39, 0.29) is 25.2 Å². The van der Waals surface area contributed by atoms with E-state index in [2.05, 4.69) is 10.6 Å². The quantitative estimate of drug-likeness (QED) is 0.671. The van der Waals surface area contributed by atoms with Crippen LogP contribution < -0.4 is 24.8 Å². The SMILES string of the molecule is O=C(COc1ccccc1C(=O)Nc1ccccc1)Nc1ccc2c(c1)OCO2. The summed E-state index contributed by atoms with van der Waals surface area (Å²) in [7, 11) is 0. The molecular weight excluding hydrogens is 372 g/mol. The number of nitrogens with one attached hydrogen (secondary N) is 2. The highest BCUT2D eigenvalue weighted by molar-refractivity contribution is 6.06. The predicted molar refractivity (Wildman–Crippen MR) is 108 cm³/mol. The van der Waals surface area contributed by atoms with Gasteiger partial charge in [0.25, 0.3) is 11.8 Å². The summed E-state index contributed by atoms with van der Waals surface area (Å²) in [4.78, 5) is 24.8. The third-order valence-corrected chi connectivity index (χ3v) is 4.18. The van der Waals surface area contributed by atoms with Gasteiger partial charge < -0.3 is 24.8 Å². The van der Waals surface area contributed by atoms with Crippen molar-refractivity contribution in [3.8, 4) is 17.2 Å². The standard InChI is InChI=1S/C22H18N2O5/c25-21(23-16-10-11-19-20(12-16)29-14-28-19)13-27-18-9-5-4-8-17(18)22(26)24-15-6-2-1-3-7-15/h1-12H,13-14H2,(H,23,25)(H,24,26). The lowest BCUT2D eigenvalue weighted by molar-refractivity contribution is -0.118. The van der Waals surface area contributed by atoms with Gasteiger partial charge in [-0.15, -0.1) is 0 Å². The van der Waals surface area contributed by atoms with E-state index >= 15 is 0 Å². The first-order valence-corrected chi connectivity index (χ1v) is 8.97. The van der Waals surface area contributed by atoms with Crippen LogP contribution in [0.4, 0.5) is 11.4 Å². The van der Waals surface area contributed by atoms with Gasteiger partial charge in [0.2, 0.25) is 6.79 Å². The fraction of sp³-hybridized carbons (Fsp3) is 0.0909. The molecule has 3 aromatic rings. The summed E-state index contributed by atoms with van der Waals surface area (Å²) in [6.07, 6.45) is 0. The smallest absolute Gasteiger partial charge is 0.262 e. The van der Waals surface area contributed by atoms with Crippen LogP contribution in [0.25, 0.3) is 0 Å². The van der Waals surface area contributed by atoms with Gasteiger partial charge in [0, 0.05) is 17.4 Å². The molecule has 0 saturated carbocycles. The van der Waals surface area contributed by atoms with Crippen molar-refractivity contribution in [1.29, 1.82) is 0 Å². The second kappa shape index (κ2) is 8.35. The molecule has 146 valence electrons. The Morgan fingerprint density at radius 2 is 1.59 bits per heavy atom. The summed E-state index contributed by atoms with van der Waals surface area (Å²) in [6.45, 7) is -0.0816. The Balaban J connectivity index is 1.38. The van der Waals surface area contributed by atoms with Crippen molar-refractivity contribution in [3.63, 3.8) is 0 Å². The molecule has 0 spiro atoms. The van der Waals surface area contributed by atoms with Crippen molar-refractivity contribution in [2.45, 2.75) is 0 Å². The number of benzene rings is 3. The molecular formula is C22H18N2O5. The number of amides is 2. The average Bonchev–Trinajstić information content (AvgIpc) is 3.21.